The molecule has 2 aliphatic rings. The number of hydrogen-bond acceptors (Lipinski definition) is 2. The standard InChI is InChI=1S/C13H25NO/c1-12(2,3)15-10-11-5-8-14(9-11)13(4)6-7-13/h11H,5-10H2,1-4H3. The van der Waals surface area contributed by atoms with Crippen LogP contribution >= 0.6 is 0 Å². The predicted molar refractivity (Wildman–Crippen MR) is 63.0 cm³/mol. The molecule has 2 heteroatoms. The van der Waals surface area contributed by atoms with Gasteiger partial charge in [0.05, 0.1) is 12.2 Å². The summed E-state index contributed by atoms with van der Waals surface area (Å²) < 4.78 is 5.87. The van der Waals surface area contributed by atoms with E-state index in [1.54, 1.807) is 0 Å². The van der Waals surface area contributed by atoms with E-state index >= 15 is 0 Å². The number of rotatable bonds is 3. The Labute approximate surface area is 94.0 Å². The zero-order chi connectivity index (χ0) is 11.1. The van der Waals surface area contributed by atoms with E-state index < -0.39 is 0 Å². The summed E-state index contributed by atoms with van der Waals surface area (Å²) in [4.78, 5) is 2.67. The van der Waals surface area contributed by atoms with Gasteiger partial charge in [0, 0.05) is 12.1 Å². The minimum absolute atomic E-state index is 0.0247. The van der Waals surface area contributed by atoms with Crippen LogP contribution in [0.2, 0.25) is 0 Å². The second kappa shape index (κ2) is 3.74. The molecule has 1 unspecified atom stereocenters. The van der Waals surface area contributed by atoms with E-state index in [0.29, 0.717) is 5.54 Å². The van der Waals surface area contributed by atoms with E-state index in [9.17, 15) is 0 Å². The third-order valence-corrected chi connectivity index (χ3v) is 3.77. The Kier molecular flexibility index (Phi) is 2.85. The molecule has 2 rings (SSSR count). The topological polar surface area (TPSA) is 12.5 Å². The van der Waals surface area contributed by atoms with E-state index in [1.165, 1.54) is 32.4 Å². The van der Waals surface area contributed by atoms with E-state index in [2.05, 4.69) is 32.6 Å². The lowest BCUT2D eigenvalue weighted by molar-refractivity contribution is -0.0211. The first-order valence-electron chi connectivity index (χ1n) is 6.28. The van der Waals surface area contributed by atoms with Crippen molar-refractivity contribution in [2.45, 2.75) is 58.1 Å². The van der Waals surface area contributed by atoms with Gasteiger partial charge < -0.3 is 4.74 Å². The summed E-state index contributed by atoms with van der Waals surface area (Å²) in [6.45, 7) is 12.3. The zero-order valence-electron chi connectivity index (χ0n) is 10.7. The average Bonchev–Trinajstić information content (AvgIpc) is 2.70. The van der Waals surface area contributed by atoms with Crippen LogP contribution in [0.25, 0.3) is 0 Å². The highest BCUT2D eigenvalue weighted by Gasteiger charge is 2.45. The van der Waals surface area contributed by atoms with Crippen LogP contribution in [0.5, 0.6) is 0 Å². The second-order valence-electron chi connectivity index (χ2n) is 6.52. The largest absolute Gasteiger partial charge is 0.376 e. The number of likely N-dealkylation sites (tertiary alicyclic amines) is 1. The van der Waals surface area contributed by atoms with Crippen molar-refractivity contribution in [1.29, 1.82) is 0 Å². The number of nitrogens with zero attached hydrogens (tertiary/aromatic N) is 1. The molecule has 1 saturated heterocycles. The van der Waals surface area contributed by atoms with Crippen molar-refractivity contribution in [2.75, 3.05) is 19.7 Å². The van der Waals surface area contributed by atoms with Crippen molar-refractivity contribution in [3.8, 4) is 0 Å². The molecule has 1 saturated carbocycles. The van der Waals surface area contributed by atoms with E-state index in [1.807, 2.05) is 0 Å². The highest BCUT2D eigenvalue weighted by molar-refractivity contribution is 5.02. The van der Waals surface area contributed by atoms with E-state index in [-0.39, 0.29) is 5.60 Å². The minimum atomic E-state index is 0.0247. The summed E-state index contributed by atoms with van der Waals surface area (Å²) in [6, 6.07) is 0. The molecule has 0 aromatic rings. The van der Waals surface area contributed by atoms with Gasteiger partial charge in [-0.2, -0.15) is 0 Å². The maximum atomic E-state index is 5.87. The SMILES string of the molecule is CC(C)(C)OCC1CCN(C2(C)CC2)C1. The van der Waals surface area contributed by atoms with Crippen molar-refractivity contribution in [3.63, 3.8) is 0 Å². The van der Waals surface area contributed by atoms with Crippen molar-refractivity contribution in [1.82, 2.24) is 4.90 Å². The fraction of sp³-hybridized carbons (Fsp3) is 1.00. The molecule has 2 fully saturated rings. The lowest BCUT2D eigenvalue weighted by Crippen LogP contribution is -2.33. The molecule has 0 radical (unpaired) electrons. The summed E-state index contributed by atoms with van der Waals surface area (Å²) in [5.74, 6) is 0.765. The van der Waals surface area contributed by atoms with Crippen LogP contribution in [-0.2, 0) is 4.74 Å². The molecule has 1 aliphatic carbocycles. The van der Waals surface area contributed by atoms with Crippen LogP contribution < -0.4 is 0 Å². The summed E-state index contributed by atoms with van der Waals surface area (Å²) in [5, 5.41) is 0. The first kappa shape index (κ1) is 11.4. The molecule has 0 bridgehead atoms. The average molecular weight is 211 g/mol. The number of hydrogen-bond donors (Lipinski definition) is 0. The lowest BCUT2D eigenvalue weighted by Gasteiger charge is -2.25. The molecule has 1 aliphatic heterocycles. The molecule has 0 aromatic heterocycles. The second-order valence-corrected chi connectivity index (χ2v) is 6.52. The molecule has 0 spiro atoms. The molecule has 2 nitrogen and oxygen atoms in total. The van der Waals surface area contributed by atoms with E-state index in [0.717, 1.165) is 12.5 Å². The van der Waals surface area contributed by atoms with Gasteiger partial charge in [0.15, 0.2) is 0 Å². The van der Waals surface area contributed by atoms with Crippen LogP contribution in [0.1, 0.15) is 47.0 Å². The van der Waals surface area contributed by atoms with Gasteiger partial charge >= 0.3 is 0 Å². The van der Waals surface area contributed by atoms with Gasteiger partial charge in [-0.15, -0.1) is 0 Å². The Hall–Kier alpha value is -0.0800. The van der Waals surface area contributed by atoms with Crippen molar-refractivity contribution < 1.29 is 4.74 Å². The van der Waals surface area contributed by atoms with Crippen molar-refractivity contribution in [3.05, 3.63) is 0 Å². The van der Waals surface area contributed by atoms with Gasteiger partial charge in [-0.3, -0.25) is 4.90 Å². The van der Waals surface area contributed by atoms with Gasteiger partial charge in [-0.1, -0.05) is 0 Å². The summed E-state index contributed by atoms with van der Waals surface area (Å²) in [6.07, 6.45) is 4.13. The molecule has 0 aromatic carbocycles. The number of ether oxygens (including phenoxy) is 1. The molecule has 1 heterocycles. The molecule has 0 amide bonds. The first-order chi connectivity index (χ1) is 6.89. The maximum Gasteiger partial charge on any atom is 0.0598 e. The molecule has 1 atom stereocenters. The third kappa shape index (κ3) is 2.94. The van der Waals surface area contributed by atoms with E-state index in [4.69, 9.17) is 4.74 Å². The Morgan fingerprint density at radius 3 is 2.53 bits per heavy atom. The predicted octanol–water partition coefficient (Wildman–Crippen LogP) is 2.68. The van der Waals surface area contributed by atoms with Crippen LogP contribution in [0.3, 0.4) is 0 Å². The lowest BCUT2D eigenvalue weighted by atomic mass is 10.1. The molecule has 88 valence electrons. The third-order valence-electron chi connectivity index (χ3n) is 3.77. The summed E-state index contributed by atoms with van der Waals surface area (Å²) in [5.41, 5.74) is 0.591. The van der Waals surface area contributed by atoms with Crippen molar-refractivity contribution in [2.24, 2.45) is 5.92 Å². The Morgan fingerprint density at radius 2 is 2.00 bits per heavy atom. The van der Waals surface area contributed by atoms with Crippen LogP contribution in [0, 0.1) is 5.92 Å². The fourth-order valence-corrected chi connectivity index (χ4v) is 2.32. The quantitative estimate of drug-likeness (QED) is 0.711. The van der Waals surface area contributed by atoms with Gasteiger partial charge in [0.1, 0.15) is 0 Å². The maximum absolute atomic E-state index is 5.87. The Bertz CT molecular complexity index is 227. The highest BCUT2D eigenvalue weighted by atomic mass is 16.5. The van der Waals surface area contributed by atoms with Crippen LogP contribution in [0.15, 0.2) is 0 Å². The normalized spacial score (nSPS) is 30.8. The molecular weight excluding hydrogens is 186 g/mol. The monoisotopic (exact) mass is 211 g/mol. The molecule has 15 heavy (non-hydrogen) atoms. The minimum Gasteiger partial charge on any atom is -0.376 e. The zero-order valence-corrected chi connectivity index (χ0v) is 10.7. The van der Waals surface area contributed by atoms with Crippen molar-refractivity contribution >= 4 is 0 Å². The molecule has 0 N–H and O–H groups in total. The smallest absolute Gasteiger partial charge is 0.0598 e. The summed E-state index contributed by atoms with van der Waals surface area (Å²) in [7, 11) is 0. The van der Waals surface area contributed by atoms with Crippen LogP contribution in [0.4, 0.5) is 0 Å². The first-order valence-corrected chi connectivity index (χ1v) is 6.28. The van der Waals surface area contributed by atoms with Crippen LogP contribution in [-0.4, -0.2) is 35.7 Å². The highest BCUT2D eigenvalue weighted by Crippen LogP contribution is 2.43. The fourth-order valence-electron chi connectivity index (χ4n) is 2.32. The molecular formula is C13H25NO. The summed E-state index contributed by atoms with van der Waals surface area (Å²) >= 11 is 0. The van der Waals surface area contributed by atoms with Gasteiger partial charge in [-0.25, -0.2) is 0 Å². The Morgan fingerprint density at radius 1 is 1.33 bits per heavy atom. The van der Waals surface area contributed by atoms with Gasteiger partial charge in [-0.05, 0) is 59.4 Å². The van der Waals surface area contributed by atoms with Gasteiger partial charge in [0.2, 0.25) is 0 Å². The Balaban J connectivity index is 1.73. The van der Waals surface area contributed by atoms with Gasteiger partial charge in [0.25, 0.3) is 0 Å².